The molecule has 0 radical (unpaired) electrons. The van der Waals surface area contributed by atoms with E-state index in [1.807, 2.05) is 12.1 Å². The third-order valence-electron chi connectivity index (χ3n) is 3.02. The molecule has 0 fully saturated rings. The molecule has 3 nitrogen and oxygen atoms in total. The van der Waals surface area contributed by atoms with Crippen LogP contribution in [0.4, 0.5) is 0 Å². The second-order valence-corrected chi connectivity index (χ2v) is 5.34. The minimum atomic E-state index is -1.36. The largest absolute Gasteiger partial charge is 0.457 e. The van der Waals surface area contributed by atoms with Gasteiger partial charge < -0.3 is 14.9 Å². The molecule has 2 N–H and O–H groups in total. The van der Waals surface area contributed by atoms with Gasteiger partial charge >= 0.3 is 0 Å². The molecule has 0 aliphatic heterocycles. The molecule has 0 aliphatic carbocycles. The Morgan fingerprint density at radius 1 is 1.14 bits per heavy atom. The highest BCUT2D eigenvalue weighted by molar-refractivity contribution is 6.30. The first-order valence-corrected chi connectivity index (χ1v) is 7.27. The van der Waals surface area contributed by atoms with E-state index in [-0.39, 0.29) is 6.61 Å². The van der Waals surface area contributed by atoms with E-state index in [4.69, 9.17) is 21.4 Å². The van der Waals surface area contributed by atoms with Crippen molar-refractivity contribution < 1.29 is 14.9 Å². The van der Waals surface area contributed by atoms with Crippen molar-refractivity contribution in [2.45, 2.75) is 18.9 Å². The molecular formula is C18H17ClO3. The summed E-state index contributed by atoms with van der Waals surface area (Å²) in [7, 11) is 0. The SMILES string of the molecule is CC(O)(C#CCCO)c1ccccc1Oc1ccc(Cl)cc1. The van der Waals surface area contributed by atoms with E-state index >= 15 is 0 Å². The highest BCUT2D eigenvalue weighted by Gasteiger charge is 2.24. The number of hydrogen-bond acceptors (Lipinski definition) is 3. The van der Waals surface area contributed by atoms with Crippen LogP contribution in [0.25, 0.3) is 0 Å². The highest BCUT2D eigenvalue weighted by Crippen LogP contribution is 2.33. The summed E-state index contributed by atoms with van der Waals surface area (Å²) in [6, 6.07) is 14.1. The zero-order valence-corrected chi connectivity index (χ0v) is 13.0. The fourth-order valence-corrected chi connectivity index (χ4v) is 2.07. The van der Waals surface area contributed by atoms with Gasteiger partial charge in [-0.3, -0.25) is 0 Å². The van der Waals surface area contributed by atoms with Crippen LogP contribution in [-0.4, -0.2) is 16.8 Å². The molecule has 0 heterocycles. The molecule has 0 aromatic heterocycles. The second kappa shape index (κ2) is 7.33. The van der Waals surface area contributed by atoms with Crippen molar-refractivity contribution in [3.63, 3.8) is 0 Å². The predicted octanol–water partition coefficient (Wildman–Crippen LogP) is 3.73. The van der Waals surface area contributed by atoms with Gasteiger partial charge in [0.1, 0.15) is 11.5 Å². The van der Waals surface area contributed by atoms with E-state index in [2.05, 4.69) is 11.8 Å². The average Bonchev–Trinajstić information content (AvgIpc) is 2.50. The first-order chi connectivity index (χ1) is 10.5. The van der Waals surface area contributed by atoms with Crippen LogP contribution >= 0.6 is 11.6 Å². The first kappa shape index (κ1) is 16.4. The minimum Gasteiger partial charge on any atom is -0.457 e. The van der Waals surface area contributed by atoms with Crippen molar-refractivity contribution in [2.24, 2.45) is 0 Å². The van der Waals surface area contributed by atoms with E-state index in [0.717, 1.165) is 0 Å². The van der Waals surface area contributed by atoms with Crippen molar-refractivity contribution in [1.82, 2.24) is 0 Å². The summed E-state index contributed by atoms with van der Waals surface area (Å²) in [5.74, 6) is 6.65. The summed E-state index contributed by atoms with van der Waals surface area (Å²) < 4.78 is 5.82. The first-order valence-electron chi connectivity index (χ1n) is 6.89. The van der Waals surface area contributed by atoms with Crippen LogP contribution in [-0.2, 0) is 5.60 Å². The van der Waals surface area contributed by atoms with E-state index in [1.165, 1.54) is 0 Å². The molecule has 0 spiro atoms. The maximum atomic E-state index is 10.6. The lowest BCUT2D eigenvalue weighted by atomic mass is 9.95. The smallest absolute Gasteiger partial charge is 0.151 e. The molecule has 114 valence electrons. The lowest BCUT2D eigenvalue weighted by Gasteiger charge is -2.20. The zero-order valence-electron chi connectivity index (χ0n) is 12.2. The molecule has 1 unspecified atom stereocenters. The van der Waals surface area contributed by atoms with Crippen LogP contribution in [0.5, 0.6) is 11.5 Å². The van der Waals surface area contributed by atoms with Gasteiger partial charge in [0.15, 0.2) is 5.60 Å². The quantitative estimate of drug-likeness (QED) is 0.845. The van der Waals surface area contributed by atoms with Gasteiger partial charge in [-0.15, -0.1) is 0 Å². The molecule has 0 aliphatic rings. The maximum Gasteiger partial charge on any atom is 0.151 e. The van der Waals surface area contributed by atoms with Gasteiger partial charge in [0.2, 0.25) is 0 Å². The fourth-order valence-electron chi connectivity index (χ4n) is 1.95. The second-order valence-electron chi connectivity index (χ2n) is 4.90. The molecule has 22 heavy (non-hydrogen) atoms. The van der Waals surface area contributed by atoms with Gasteiger partial charge in [-0.2, -0.15) is 0 Å². The van der Waals surface area contributed by atoms with Gasteiger partial charge in [-0.1, -0.05) is 41.6 Å². The molecule has 0 amide bonds. The minimum absolute atomic E-state index is 0.0357. The Kier molecular flexibility index (Phi) is 5.46. The van der Waals surface area contributed by atoms with Crippen molar-refractivity contribution in [3.8, 4) is 23.3 Å². The predicted molar refractivity (Wildman–Crippen MR) is 87.0 cm³/mol. The summed E-state index contributed by atoms with van der Waals surface area (Å²) >= 11 is 5.86. The van der Waals surface area contributed by atoms with Crippen molar-refractivity contribution in [2.75, 3.05) is 6.61 Å². The van der Waals surface area contributed by atoms with Crippen molar-refractivity contribution in [3.05, 3.63) is 59.1 Å². The molecule has 2 aromatic rings. The standard InChI is InChI=1S/C18H17ClO3/c1-18(21,12-4-5-13-20)16-6-2-3-7-17(16)22-15-10-8-14(19)9-11-15/h2-3,6-11,20-21H,5,13H2,1H3. The lowest BCUT2D eigenvalue weighted by molar-refractivity contribution is 0.119. The van der Waals surface area contributed by atoms with Crippen LogP contribution < -0.4 is 4.74 Å². The summed E-state index contributed by atoms with van der Waals surface area (Å²) in [6.07, 6.45) is 0.316. The van der Waals surface area contributed by atoms with Crippen molar-refractivity contribution >= 4 is 11.6 Å². The van der Waals surface area contributed by atoms with Gasteiger partial charge in [-0.05, 0) is 37.3 Å². The number of hydrogen-bond donors (Lipinski definition) is 2. The number of para-hydroxylation sites is 1. The number of halogens is 1. The molecule has 2 rings (SSSR count). The van der Waals surface area contributed by atoms with Crippen LogP contribution in [0.15, 0.2) is 48.5 Å². The van der Waals surface area contributed by atoms with Gasteiger partial charge in [0.05, 0.1) is 6.61 Å². The van der Waals surface area contributed by atoms with Crippen LogP contribution in [0.1, 0.15) is 18.9 Å². The highest BCUT2D eigenvalue weighted by atomic mass is 35.5. The number of benzene rings is 2. The Morgan fingerprint density at radius 2 is 1.82 bits per heavy atom. The normalized spacial score (nSPS) is 12.9. The summed E-state index contributed by atoms with van der Waals surface area (Å²) in [5.41, 5.74) is -0.798. The Balaban J connectivity index is 2.30. The zero-order chi connectivity index (χ0) is 16.0. The van der Waals surface area contributed by atoms with Crippen LogP contribution in [0, 0.1) is 11.8 Å². The molecule has 0 saturated carbocycles. The average molecular weight is 317 g/mol. The van der Waals surface area contributed by atoms with E-state index in [0.29, 0.717) is 28.5 Å². The van der Waals surface area contributed by atoms with Crippen LogP contribution in [0.2, 0.25) is 5.02 Å². The Morgan fingerprint density at radius 3 is 2.50 bits per heavy atom. The summed E-state index contributed by atoms with van der Waals surface area (Å²) in [6.45, 7) is 1.56. The number of aliphatic hydroxyl groups excluding tert-OH is 1. The lowest BCUT2D eigenvalue weighted by Crippen LogP contribution is -2.19. The Hall–Kier alpha value is -1.99. The number of ether oxygens (including phenoxy) is 1. The summed E-state index contributed by atoms with van der Waals surface area (Å²) in [5, 5.41) is 20.0. The molecule has 1 atom stereocenters. The van der Waals surface area contributed by atoms with E-state index < -0.39 is 5.60 Å². The monoisotopic (exact) mass is 316 g/mol. The third kappa shape index (κ3) is 4.25. The molecular weight excluding hydrogens is 300 g/mol. The van der Waals surface area contributed by atoms with Gasteiger partial charge in [0.25, 0.3) is 0 Å². The Labute approximate surface area is 135 Å². The van der Waals surface area contributed by atoms with E-state index in [1.54, 1.807) is 43.3 Å². The number of aliphatic hydroxyl groups is 2. The number of rotatable bonds is 4. The molecule has 0 saturated heterocycles. The van der Waals surface area contributed by atoms with Gasteiger partial charge in [0, 0.05) is 17.0 Å². The topological polar surface area (TPSA) is 49.7 Å². The molecule has 4 heteroatoms. The fraction of sp³-hybridized carbons (Fsp3) is 0.222. The Bertz CT molecular complexity index is 681. The van der Waals surface area contributed by atoms with Gasteiger partial charge in [-0.25, -0.2) is 0 Å². The molecule has 2 aromatic carbocycles. The third-order valence-corrected chi connectivity index (χ3v) is 3.27. The maximum absolute atomic E-state index is 10.6. The van der Waals surface area contributed by atoms with Crippen molar-refractivity contribution in [1.29, 1.82) is 0 Å². The van der Waals surface area contributed by atoms with E-state index in [9.17, 15) is 5.11 Å². The van der Waals surface area contributed by atoms with Crippen LogP contribution in [0.3, 0.4) is 0 Å². The molecule has 0 bridgehead atoms. The summed E-state index contributed by atoms with van der Waals surface area (Å²) in [4.78, 5) is 0.